The summed E-state index contributed by atoms with van der Waals surface area (Å²) in [7, 11) is 1.32. The summed E-state index contributed by atoms with van der Waals surface area (Å²) in [6, 6.07) is 0. The maximum absolute atomic E-state index is 10.7. The molecule has 0 bridgehead atoms. The van der Waals surface area contributed by atoms with E-state index in [9.17, 15) is 4.79 Å². The Morgan fingerprint density at radius 3 is 2.33 bits per heavy atom. The molecule has 0 spiro atoms. The van der Waals surface area contributed by atoms with E-state index in [0.717, 1.165) is 0 Å². The zero-order valence-electron chi connectivity index (χ0n) is 8.05. The molecule has 0 aliphatic carbocycles. The van der Waals surface area contributed by atoms with Crippen LogP contribution in [0.15, 0.2) is 0 Å². The highest BCUT2D eigenvalue weighted by atomic mass is 16.7. The molecule has 0 atom stereocenters. The number of carbonyl (C=O) groups is 1. The minimum atomic E-state index is -0.719. The van der Waals surface area contributed by atoms with Crippen LogP contribution in [0.25, 0.3) is 0 Å². The summed E-state index contributed by atoms with van der Waals surface area (Å²) in [5.74, 6) is -1.12. The molecular formula is C8H16O4. The van der Waals surface area contributed by atoms with Crippen molar-refractivity contribution in [1.29, 1.82) is 0 Å². The monoisotopic (exact) mass is 176 g/mol. The molecule has 0 aliphatic heterocycles. The molecule has 0 N–H and O–H groups in total. The van der Waals surface area contributed by atoms with E-state index in [0.29, 0.717) is 6.61 Å². The van der Waals surface area contributed by atoms with Gasteiger partial charge < -0.3 is 14.2 Å². The first kappa shape index (κ1) is 11.4. The van der Waals surface area contributed by atoms with Gasteiger partial charge in [0, 0.05) is 6.61 Å². The average molecular weight is 176 g/mol. The van der Waals surface area contributed by atoms with E-state index in [1.165, 1.54) is 7.11 Å². The van der Waals surface area contributed by atoms with Gasteiger partial charge in [-0.05, 0) is 20.8 Å². The predicted molar refractivity (Wildman–Crippen MR) is 43.7 cm³/mol. The van der Waals surface area contributed by atoms with E-state index in [1.54, 1.807) is 13.8 Å². The van der Waals surface area contributed by atoms with Crippen LogP contribution in [0, 0.1) is 0 Å². The van der Waals surface area contributed by atoms with Crippen LogP contribution in [0.3, 0.4) is 0 Å². The highest BCUT2D eigenvalue weighted by Crippen LogP contribution is 2.10. The highest BCUT2D eigenvalue weighted by Gasteiger charge is 2.19. The number of rotatable bonds is 5. The first-order chi connectivity index (χ1) is 5.52. The Morgan fingerprint density at radius 1 is 1.33 bits per heavy atom. The van der Waals surface area contributed by atoms with E-state index < -0.39 is 11.8 Å². The van der Waals surface area contributed by atoms with E-state index in [4.69, 9.17) is 9.47 Å². The number of esters is 1. The van der Waals surface area contributed by atoms with Gasteiger partial charge in [0.05, 0.1) is 7.11 Å². The maximum atomic E-state index is 10.7. The van der Waals surface area contributed by atoms with Gasteiger partial charge in [0.15, 0.2) is 5.79 Å². The Hall–Kier alpha value is -0.610. The smallest absolute Gasteiger partial charge is 0.331 e. The van der Waals surface area contributed by atoms with Gasteiger partial charge in [-0.3, -0.25) is 0 Å². The topological polar surface area (TPSA) is 44.8 Å². The second-order valence-electron chi connectivity index (χ2n) is 2.70. The second-order valence-corrected chi connectivity index (χ2v) is 2.70. The minimum Gasteiger partial charge on any atom is -0.467 e. The number of hydrogen-bond donors (Lipinski definition) is 0. The van der Waals surface area contributed by atoms with Crippen molar-refractivity contribution in [2.45, 2.75) is 26.6 Å². The lowest BCUT2D eigenvalue weighted by Crippen LogP contribution is -2.31. The summed E-state index contributed by atoms with van der Waals surface area (Å²) in [6.07, 6.45) is 0. The van der Waals surface area contributed by atoms with Gasteiger partial charge in [-0.1, -0.05) is 0 Å². The largest absolute Gasteiger partial charge is 0.467 e. The van der Waals surface area contributed by atoms with E-state index in [-0.39, 0.29) is 6.61 Å². The molecule has 0 amide bonds. The van der Waals surface area contributed by atoms with Crippen LogP contribution in [0.2, 0.25) is 0 Å². The zero-order valence-corrected chi connectivity index (χ0v) is 8.05. The fourth-order valence-electron chi connectivity index (χ4n) is 0.681. The molecule has 4 heteroatoms. The van der Waals surface area contributed by atoms with Crippen molar-refractivity contribution in [1.82, 2.24) is 0 Å². The fourth-order valence-corrected chi connectivity index (χ4v) is 0.681. The van der Waals surface area contributed by atoms with Crippen molar-refractivity contribution in [3.05, 3.63) is 0 Å². The molecule has 0 aromatic rings. The Morgan fingerprint density at radius 2 is 1.92 bits per heavy atom. The fraction of sp³-hybridized carbons (Fsp3) is 0.875. The van der Waals surface area contributed by atoms with Crippen molar-refractivity contribution >= 4 is 5.97 Å². The average Bonchev–Trinajstić information content (AvgIpc) is 2.00. The number of ether oxygens (including phenoxy) is 3. The normalized spacial score (nSPS) is 11.3. The lowest BCUT2D eigenvalue weighted by Gasteiger charge is -2.24. The maximum Gasteiger partial charge on any atom is 0.331 e. The molecule has 0 fully saturated rings. The minimum absolute atomic E-state index is 0.0799. The molecular weight excluding hydrogens is 160 g/mol. The van der Waals surface area contributed by atoms with Crippen LogP contribution in [0.1, 0.15) is 20.8 Å². The third-order valence-corrected chi connectivity index (χ3v) is 1.26. The Labute approximate surface area is 72.8 Å². The van der Waals surface area contributed by atoms with Gasteiger partial charge in [-0.15, -0.1) is 0 Å². The van der Waals surface area contributed by atoms with Crippen LogP contribution in [-0.2, 0) is 19.0 Å². The molecule has 4 nitrogen and oxygen atoms in total. The van der Waals surface area contributed by atoms with Crippen molar-refractivity contribution < 1.29 is 19.0 Å². The first-order valence-corrected chi connectivity index (χ1v) is 3.86. The molecule has 0 aromatic carbocycles. The quantitative estimate of drug-likeness (QED) is 0.462. The lowest BCUT2D eigenvalue weighted by atomic mass is 10.4. The Kier molecular flexibility index (Phi) is 4.85. The molecule has 0 rings (SSSR count). The van der Waals surface area contributed by atoms with E-state index >= 15 is 0 Å². The second kappa shape index (κ2) is 5.11. The van der Waals surface area contributed by atoms with Gasteiger partial charge in [0.1, 0.15) is 6.61 Å². The molecule has 72 valence electrons. The van der Waals surface area contributed by atoms with Crippen molar-refractivity contribution in [2.75, 3.05) is 20.3 Å². The van der Waals surface area contributed by atoms with Crippen LogP contribution >= 0.6 is 0 Å². The standard InChI is InChI=1S/C8H16O4/c1-5-11-8(2,3)12-6-7(9)10-4/h5-6H2,1-4H3. The van der Waals surface area contributed by atoms with Crippen LogP contribution < -0.4 is 0 Å². The van der Waals surface area contributed by atoms with E-state index in [1.807, 2.05) is 6.92 Å². The Bertz CT molecular complexity index is 142. The number of carbonyl (C=O) groups excluding carboxylic acids is 1. The molecule has 0 heterocycles. The van der Waals surface area contributed by atoms with Crippen molar-refractivity contribution in [3.8, 4) is 0 Å². The predicted octanol–water partition coefficient (Wildman–Crippen LogP) is 0.949. The summed E-state index contributed by atoms with van der Waals surface area (Å²) in [6.45, 7) is 5.83. The van der Waals surface area contributed by atoms with Gasteiger partial charge in [-0.2, -0.15) is 0 Å². The molecule has 0 aliphatic rings. The number of methoxy groups -OCH3 is 1. The molecule has 0 saturated heterocycles. The van der Waals surface area contributed by atoms with Gasteiger partial charge >= 0.3 is 5.97 Å². The number of hydrogen-bond acceptors (Lipinski definition) is 4. The van der Waals surface area contributed by atoms with Gasteiger partial charge in [-0.25, -0.2) is 4.79 Å². The van der Waals surface area contributed by atoms with Crippen LogP contribution in [0.4, 0.5) is 0 Å². The highest BCUT2D eigenvalue weighted by molar-refractivity contribution is 5.70. The van der Waals surface area contributed by atoms with Gasteiger partial charge in [0.25, 0.3) is 0 Å². The third kappa shape index (κ3) is 5.09. The Balaban J connectivity index is 3.67. The summed E-state index contributed by atoms with van der Waals surface area (Å²) in [5.41, 5.74) is 0. The lowest BCUT2D eigenvalue weighted by molar-refractivity contribution is -0.216. The van der Waals surface area contributed by atoms with Crippen molar-refractivity contribution in [2.24, 2.45) is 0 Å². The zero-order chi connectivity index (χ0) is 9.61. The van der Waals surface area contributed by atoms with Crippen LogP contribution in [-0.4, -0.2) is 32.1 Å². The third-order valence-electron chi connectivity index (χ3n) is 1.26. The molecule has 0 saturated carbocycles. The van der Waals surface area contributed by atoms with Crippen molar-refractivity contribution in [3.63, 3.8) is 0 Å². The SMILES string of the molecule is CCOC(C)(C)OCC(=O)OC. The summed E-state index contributed by atoms with van der Waals surface area (Å²) in [4.78, 5) is 10.7. The summed E-state index contributed by atoms with van der Waals surface area (Å²) < 4.78 is 14.7. The first-order valence-electron chi connectivity index (χ1n) is 3.86. The van der Waals surface area contributed by atoms with E-state index in [2.05, 4.69) is 4.74 Å². The molecule has 0 unspecified atom stereocenters. The molecule has 0 radical (unpaired) electrons. The van der Waals surface area contributed by atoms with Gasteiger partial charge in [0.2, 0.25) is 0 Å². The summed E-state index contributed by atoms with van der Waals surface area (Å²) >= 11 is 0. The molecule has 0 aromatic heterocycles. The molecule has 12 heavy (non-hydrogen) atoms. The van der Waals surface area contributed by atoms with Crippen LogP contribution in [0.5, 0.6) is 0 Å². The summed E-state index contributed by atoms with van der Waals surface area (Å²) in [5, 5.41) is 0.